The number of hydrogen-bond acceptors (Lipinski definition) is 18. The van der Waals surface area contributed by atoms with Gasteiger partial charge in [-0.05, 0) is 71.1 Å². The smallest absolute Gasteiger partial charge is 0.328 e. The maximum absolute atomic E-state index is 11.5. The zero-order valence-corrected chi connectivity index (χ0v) is 47.7. The zero-order chi connectivity index (χ0) is 58.8. The van der Waals surface area contributed by atoms with Crippen molar-refractivity contribution in [2.75, 3.05) is 40.1 Å². The minimum Gasteiger partial charge on any atom is -0.467 e. The summed E-state index contributed by atoms with van der Waals surface area (Å²) >= 11 is 0. The molecule has 0 radical (unpaired) electrons. The third kappa shape index (κ3) is 33.0. The van der Waals surface area contributed by atoms with Crippen LogP contribution in [0.3, 0.4) is 0 Å². The van der Waals surface area contributed by atoms with E-state index in [0.29, 0.717) is 110 Å². The summed E-state index contributed by atoms with van der Waals surface area (Å²) in [6.07, 6.45) is 21.5. The van der Waals surface area contributed by atoms with E-state index in [9.17, 15) is 57.5 Å². The van der Waals surface area contributed by atoms with Gasteiger partial charge in [0.05, 0.1) is 40.1 Å². The maximum atomic E-state index is 11.5. The largest absolute Gasteiger partial charge is 0.467 e. The molecule has 6 heterocycles. The first kappa shape index (κ1) is 70.7. The van der Waals surface area contributed by atoms with Gasteiger partial charge in [0.15, 0.2) is 0 Å². The predicted octanol–water partition coefficient (Wildman–Crippen LogP) is 4.04. The van der Waals surface area contributed by atoms with Crippen LogP contribution >= 0.6 is 0 Å². The van der Waals surface area contributed by atoms with Crippen LogP contribution in [0.5, 0.6) is 0 Å². The Kier molecular flexibility index (Phi) is 38.9. The fourth-order valence-corrected chi connectivity index (χ4v) is 7.99. The molecule has 24 nitrogen and oxygen atoms in total. The molecule has 0 saturated carbocycles. The molecule has 6 aliphatic rings. The van der Waals surface area contributed by atoms with Crippen molar-refractivity contribution in [2.45, 2.75) is 238 Å². The number of carbonyl (C=O) groups excluding carboxylic acids is 12. The second-order valence-corrected chi connectivity index (χ2v) is 19.4. The number of amides is 6. The van der Waals surface area contributed by atoms with Crippen molar-refractivity contribution in [3.8, 4) is 0 Å². The number of esters is 6. The third-order valence-electron chi connectivity index (χ3n) is 12.6. The molecule has 6 N–H and O–H groups in total. The standard InChI is InChI=1S/C13H23NO3.C12H21NO3.C9H15NO3.C8H13NO3.C7H11NO3.C6H9NO3/c1-2-3-4-5-6-7-10-17-13(16)11-8-9-12(15)14-11;1-2-3-4-5-6-9-16-12(15)10-7-8-11(14)13-10;1-2-3-6-13-9(12)7-4-5-8(11)10-7;1-2-5-12-8(11)6-3-4-7(10)9-6;1-2-11-7(10)5-3-4-6(9)8-5;1-10-6(9)4-2-3-5(8)7-4/h11H,2-10H2,1H3,(H,14,15);10H,2-9H2,1H3,(H,13,14);7H,2-6H2,1H3,(H,10,11);6H,2-5H2,1H3,(H,9,10);5H,2-4H2,1H3,(H,8,9);4H,2-3H2,1H3,(H,7,8)/t11-;10-;7-;6-;5-;4-/m000000/s1. The van der Waals surface area contributed by atoms with Crippen molar-refractivity contribution >= 4 is 71.3 Å². The summed E-state index contributed by atoms with van der Waals surface area (Å²) in [6.45, 7) is 12.3. The Balaban J connectivity index is 0.000000478. The number of methoxy groups -OCH3 is 1. The number of ether oxygens (including phenoxy) is 6. The molecule has 6 fully saturated rings. The summed E-state index contributed by atoms with van der Waals surface area (Å²) in [5.41, 5.74) is 0. The van der Waals surface area contributed by atoms with Crippen LogP contribution in [0.15, 0.2) is 0 Å². The molecule has 0 aromatic carbocycles. The predicted molar refractivity (Wildman–Crippen MR) is 287 cm³/mol. The van der Waals surface area contributed by atoms with E-state index in [-0.39, 0.29) is 71.3 Å². The van der Waals surface area contributed by atoms with E-state index in [1.54, 1.807) is 6.92 Å². The number of unbranched alkanes of at least 4 members (excludes halogenated alkanes) is 10. The lowest BCUT2D eigenvalue weighted by Gasteiger charge is -2.09. The SMILES string of the molecule is CCCCCCCCOC(=O)[C@@H]1CCC(=O)N1.CCCCCCCOC(=O)[C@@H]1CCC(=O)N1.CCCCOC(=O)[C@@H]1CCC(=O)N1.CCCOC(=O)[C@@H]1CCC(=O)N1.CCOC(=O)[C@@H]1CCC(=O)N1.COC(=O)[C@@H]1CCC(=O)N1. The van der Waals surface area contributed by atoms with Crippen LogP contribution in [0.4, 0.5) is 0 Å². The Morgan fingerprint density at radius 1 is 0.316 bits per heavy atom. The van der Waals surface area contributed by atoms with E-state index in [2.05, 4.69) is 50.5 Å². The molecular weight excluding hydrogens is 1030 g/mol. The van der Waals surface area contributed by atoms with Crippen LogP contribution in [-0.2, 0) is 86.0 Å². The fourth-order valence-electron chi connectivity index (χ4n) is 7.99. The lowest BCUT2D eigenvalue weighted by atomic mass is 10.1. The second kappa shape index (κ2) is 43.5. The van der Waals surface area contributed by atoms with Crippen LogP contribution in [-0.4, -0.2) is 148 Å². The van der Waals surface area contributed by atoms with Gasteiger partial charge in [-0.3, -0.25) is 28.8 Å². The van der Waals surface area contributed by atoms with Crippen molar-refractivity contribution in [1.82, 2.24) is 31.9 Å². The first-order valence-corrected chi connectivity index (χ1v) is 28.6. The highest BCUT2D eigenvalue weighted by Gasteiger charge is 2.32. The first-order chi connectivity index (χ1) is 37.9. The average Bonchev–Trinajstić information content (AvgIpc) is 4.33. The fraction of sp³-hybridized carbons (Fsp3) is 0.782. The van der Waals surface area contributed by atoms with E-state index in [1.165, 1.54) is 52.1 Å². The van der Waals surface area contributed by atoms with Gasteiger partial charge < -0.3 is 60.3 Å². The van der Waals surface area contributed by atoms with E-state index in [0.717, 1.165) is 44.9 Å². The number of nitrogens with one attached hydrogen (secondary N) is 6. The summed E-state index contributed by atoms with van der Waals surface area (Å²) in [5, 5.41) is 15.3. The number of carbonyl (C=O) groups is 12. The molecule has 24 heteroatoms. The quantitative estimate of drug-likeness (QED) is 0.0427. The topological polar surface area (TPSA) is 332 Å². The summed E-state index contributed by atoms with van der Waals surface area (Å²) in [7, 11) is 1.31. The Labute approximate surface area is 465 Å². The Hall–Kier alpha value is -6.36. The first-order valence-electron chi connectivity index (χ1n) is 28.6. The molecule has 6 saturated heterocycles. The van der Waals surface area contributed by atoms with Gasteiger partial charge in [0.1, 0.15) is 36.3 Å². The van der Waals surface area contributed by atoms with Gasteiger partial charge in [0, 0.05) is 38.5 Å². The molecule has 6 rings (SSSR count). The van der Waals surface area contributed by atoms with Gasteiger partial charge in [-0.1, -0.05) is 91.9 Å². The zero-order valence-electron chi connectivity index (χ0n) is 47.7. The average molecular weight is 1130 g/mol. The molecule has 0 aromatic rings. The molecular formula is C55H92N6O18. The minimum absolute atomic E-state index is 0.0495. The van der Waals surface area contributed by atoms with E-state index in [1.807, 2.05) is 13.8 Å². The molecule has 6 aliphatic heterocycles. The molecule has 6 atom stereocenters. The lowest BCUT2D eigenvalue weighted by molar-refractivity contribution is -0.147. The molecule has 450 valence electrons. The minimum atomic E-state index is -0.405. The van der Waals surface area contributed by atoms with Gasteiger partial charge in [-0.25, -0.2) is 28.8 Å². The summed E-state index contributed by atoms with van der Waals surface area (Å²) in [6, 6.07) is -2.40. The normalized spacial score (nSPS) is 21.2. The van der Waals surface area contributed by atoms with Crippen LogP contribution in [0.2, 0.25) is 0 Å². The lowest BCUT2D eigenvalue weighted by Crippen LogP contribution is -2.34. The van der Waals surface area contributed by atoms with Gasteiger partial charge >= 0.3 is 35.8 Å². The third-order valence-corrected chi connectivity index (χ3v) is 12.6. The Bertz CT molecular complexity index is 1920. The van der Waals surface area contributed by atoms with Gasteiger partial charge in [-0.15, -0.1) is 0 Å². The molecule has 0 aliphatic carbocycles. The van der Waals surface area contributed by atoms with Crippen molar-refractivity contribution < 1.29 is 86.0 Å². The summed E-state index contributed by atoms with van der Waals surface area (Å²) < 4.78 is 29.2. The van der Waals surface area contributed by atoms with E-state index < -0.39 is 36.3 Å². The molecule has 0 spiro atoms. The summed E-state index contributed by atoms with van der Waals surface area (Å²) in [5.74, 6) is -2.18. The highest BCUT2D eigenvalue weighted by molar-refractivity contribution is 5.91. The Morgan fingerprint density at radius 2 is 0.557 bits per heavy atom. The van der Waals surface area contributed by atoms with Crippen LogP contribution in [0.1, 0.15) is 202 Å². The van der Waals surface area contributed by atoms with Crippen LogP contribution < -0.4 is 31.9 Å². The van der Waals surface area contributed by atoms with Gasteiger partial charge in [0.2, 0.25) is 35.4 Å². The number of hydrogen-bond donors (Lipinski definition) is 6. The maximum Gasteiger partial charge on any atom is 0.328 e. The highest BCUT2D eigenvalue weighted by Crippen LogP contribution is 2.13. The molecule has 0 aromatic heterocycles. The second-order valence-electron chi connectivity index (χ2n) is 19.4. The molecule has 0 unspecified atom stereocenters. The van der Waals surface area contributed by atoms with Crippen LogP contribution in [0.25, 0.3) is 0 Å². The Morgan fingerprint density at radius 3 is 0.797 bits per heavy atom. The molecule has 0 bridgehead atoms. The van der Waals surface area contributed by atoms with Crippen molar-refractivity contribution in [3.05, 3.63) is 0 Å². The monoisotopic (exact) mass is 1120 g/mol. The summed E-state index contributed by atoms with van der Waals surface area (Å²) in [4.78, 5) is 131. The van der Waals surface area contributed by atoms with E-state index >= 15 is 0 Å². The molecule has 79 heavy (non-hydrogen) atoms. The molecule has 6 amide bonds. The van der Waals surface area contributed by atoms with E-state index in [4.69, 9.17) is 23.7 Å². The highest BCUT2D eigenvalue weighted by atomic mass is 16.6. The van der Waals surface area contributed by atoms with Crippen LogP contribution in [0, 0.1) is 0 Å². The van der Waals surface area contributed by atoms with Crippen molar-refractivity contribution in [2.24, 2.45) is 0 Å². The number of rotatable bonds is 25. The van der Waals surface area contributed by atoms with Crippen molar-refractivity contribution in [3.63, 3.8) is 0 Å². The van der Waals surface area contributed by atoms with Gasteiger partial charge in [0.25, 0.3) is 0 Å². The van der Waals surface area contributed by atoms with Gasteiger partial charge in [-0.2, -0.15) is 0 Å². The van der Waals surface area contributed by atoms with Crippen molar-refractivity contribution in [1.29, 1.82) is 0 Å².